The van der Waals surface area contributed by atoms with E-state index >= 15 is 0 Å². The highest BCUT2D eigenvalue weighted by atomic mass is 35.5. The van der Waals surface area contributed by atoms with E-state index in [4.69, 9.17) is 17.3 Å². The topological polar surface area (TPSA) is 63.8 Å². The third-order valence-corrected chi connectivity index (χ3v) is 2.71. The highest BCUT2D eigenvalue weighted by Gasteiger charge is 1.99. The summed E-state index contributed by atoms with van der Waals surface area (Å²) in [6.45, 7) is 1.24. The number of rotatable bonds is 5. The smallest absolute Gasteiger partial charge is 0.222 e. The molecule has 0 bridgehead atoms. The summed E-state index contributed by atoms with van der Waals surface area (Å²) in [5.41, 5.74) is 7.64. The molecule has 18 heavy (non-hydrogen) atoms. The van der Waals surface area contributed by atoms with Crippen molar-refractivity contribution in [2.45, 2.75) is 6.42 Å². The maximum atomic E-state index is 5.84. The van der Waals surface area contributed by atoms with E-state index in [1.54, 1.807) is 0 Å². The molecule has 1 aromatic carbocycles. The lowest BCUT2D eigenvalue weighted by molar-refractivity contribution is 0.978. The number of hydrogen-bond donors (Lipinski definition) is 2. The van der Waals surface area contributed by atoms with Crippen LogP contribution in [0.1, 0.15) is 11.1 Å². The van der Waals surface area contributed by atoms with Crippen LogP contribution < -0.4 is 11.1 Å². The van der Waals surface area contributed by atoms with Crippen molar-refractivity contribution in [1.82, 2.24) is 9.97 Å². The Kier molecular flexibility index (Phi) is 4.50. The van der Waals surface area contributed by atoms with Crippen LogP contribution in [0.5, 0.6) is 0 Å². The van der Waals surface area contributed by atoms with Crippen LogP contribution in [0, 0.1) is 0 Å². The van der Waals surface area contributed by atoms with Gasteiger partial charge in [0.15, 0.2) is 0 Å². The molecule has 0 spiro atoms. The molecule has 94 valence electrons. The van der Waals surface area contributed by atoms with Crippen LogP contribution in [0.15, 0.2) is 36.7 Å². The lowest BCUT2D eigenvalue weighted by Gasteiger charge is -2.04. The quantitative estimate of drug-likeness (QED) is 0.866. The van der Waals surface area contributed by atoms with E-state index in [0.717, 1.165) is 17.0 Å². The summed E-state index contributed by atoms with van der Waals surface area (Å²) in [4.78, 5) is 8.45. The second-order valence-corrected chi connectivity index (χ2v) is 4.37. The van der Waals surface area contributed by atoms with Crippen molar-refractivity contribution in [3.63, 3.8) is 0 Å². The summed E-state index contributed by atoms with van der Waals surface area (Å²) in [6, 6.07) is 7.77. The van der Waals surface area contributed by atoms with Crippen molar-refractivity contribution in [2.24, 2.45) is 5.73 Å². The van der Waals surface area contributed by atoms with E-state index in [1.807, 2.05) is 36.7 Å². The average Bonchev–Trinajstić information content (AvgIpc) is 2.41. The number of nitrogens with one attached hydrogen (secondary N) is 1. The maximum Gasteiger partial charge on any atom is 0.222 e. The summed E-state index contributed by atoms with van der Waals surface area (Å²) < 4.78 is 0. The van der Waals surface area contributed by atoms with Gasteiger partial charge in [0.1, 0.15) is 0 Å². The van der Waals surface area contributed by atoms with Gasteiger partial charge in [0.05, 0.1) is 0 Å². The van der Waals surface area contributed by atoms with Gasteiger partial charge in [-0.1, -0.05) is 23.7 Å². The van der Waals surface area contributed by atoms with E-state index < -0.39 is 0 Å². The molecular weight excluding hydrogens is 248 g/mol. The molecule has 4 nitrogen and oxygen atoms in total. The van der Waals surface area contributed by atoms with Crippen LogP contribution in [0.2, 0.25) is 5.02 Å². The fourth-order valence-corrected chi connectivity index (χ4v) is 1.69. The molecule has 0 saturated heterocycles. The number of nitrogens with two attached hydrogens (primary N) is 1. The third-order valence-electron chi connectivity index (χ3n) is 2.45. The summed E-state index contributed by atoms with van der Waals surface area (Å²) in [7, 11) is 0. The third kappa shape index (κ3) is 3.68. The van der Waals surface area contributed by atoms with Gasteiger partial charge in [-0.2, -0.15) is 0 Å². The average molecular weight is 263 g/mol. The maximum absolute atomic E-state index is 5.84. The van der Waals surface area contributed by atoms with Gasteiger partial charge in [0, 0.05) is 36.9 Å². The van der Waals surface area contributed by atoms with Gasteiger partial charge < -0.3 is 11.1 Å². The molecule has 3 N–H and O–H groups in total. The highest BCUT2D eigenvalue weighted by Crippen LogP contribution is 2.13. The van der Waals surface area contributed by atoms with Crippen LogP contribution in [-0.4, -0.2) is 23.1 Å². The molecule has 0 atom stereocenters. The fraction of sp³-hybridized carbons (Fsp3) is 0.231. The Bertz CT molecular complexity index is 481. The minimum absolute atomic E-state index is 0.565. The van der Waals surface area contributed by atoms with E-state index in [9.17, 15) is 0 Å². The van der Waals surface area contributed by atoms with E-state index in [2.05, 4.69) is 15.3 Å². The van der Waals surface area contributed by atoms with E-state index in [1.165, 1.54) is 5.56 Å². The molecule has 0 unspecified atom stereocenters. The number of hydrogen-bond acceptors (Lipinski definition) is 4. The van der Waals surface area contributed by atoms with Gasteiger partial charge in [-0.05, 0) is 23.3 Å². The van der Waals surface area contributed by atoms with Gasteiger partial charge in [0.25, 0.3) is 0 Å². The Balaban J connectivity index is 1.99. The largest absolute Gasteiger partial charge is 0.353 e. The molecule has 1 aromatic heterocycles. The molecule has 2 rings (SSSR count). The van der Waals surface area contributed by atoms with Crippen molar-refractivity contribution in [3.05, 3.63) is 52.8 Å². The molecule has 0 aliphatic carbocycles. The molecule has 5 heteroatoms. The normalized spacial score (nSPS) is 10.3. The number of aromatic nitrogens is 2. The zero-order valence-corrected chi connectivity index (χ0v) is 10.7. The van der Waals surface area contributed by atoms with Crippen LogP contribution in [0.25, 0.3) is 0 Å². The molecule has 0 fully saturated rings. The van der Waals surface area contributed by atoms with Crippen molar-refractivity contribution in [1.29, 1.82) is 0 Å². The SMILES string of the molecule is NCCNc1ncc(Cc2ccc(Cl)cc2)cn1. The van der Waals surface area contributed by atoms with Crippen LogP contribution in [0.3, 0.4) is 0 Å². The van der Waals surface area contributed by atoms with Crippen molar-refractivity contribution in [3.8, 4) is 0 Å². The lowest BCUT2D eigenvalue weighted by atomic mass is 10.1. The van der Waals surface area contributed by atoms with Crippen LogP contribution in [0.4, 0.5) is 5.95 Å². The molecule has 2 aromatic rings. The molecule has 0 saturated carbocycles. The van der Waals surface area contributed by atoms with Gasteiger partial charge in [-0.25, -0.2) is 9.97 Å². The van der Waals surface area contributed by atoms with Gasteiger partial charge in [0.2, 0.25) is 5.95 Å². The second kappa shape index (κ2) is 6.33. The van der Waals surface area contributed by atoms with Crippen molar-refractivity contribution in [2.75, 3.05) is 18.4 Å². The minimum atomic E-state index is 0.565. The minimum Gasteiger partial charge on any atom is -0.353 e. The first kappa shape index (κ1) is 12.8. The summed E-state index contributed by atoms with van der Waals surface area (Å²) in [5.74, 6) is 0.611. The lowest BCUT2D eigenvalue weighted by Crippen LogP contribution is -2.14. The molecule has 0 radical (unpaired) electrons. The van der Waals surface area contributed by atoms with E-state index in [0.29, 0.717) is 19.0 Å². The zero-order valence-electron chi connectivity index (χ0n) is 9.94. The van der Waals surface area contributed by atoms with Gasteiger partial charge >= 0.3 is 0 Å². The summed E-state index contributed by atoms with van der Waals surface area (Å²) in [5, 5.41) is 3.77. The Labute approximate surface area is 111 Å². The Morgan fingerprint density at radius 3 is 2.33 bits per heavy atom. The Hall–Kier alpha value is -1.65. The van der Waals surface area contributed by atoms with Crippen LogP contribution >= 0.6 is 11.6 Å². The first-order valence-electron chi connectivity index (χ1n) is 5.77. The zero-order chi connectivity index (χ0) is 12.8. The highest BCUT2D eigenvalue weighted by molar-refractivity contribution is 6.30. The van der Waals surface area contributed by atoms with Gasteiger partial charge in [-0.3, -0.25) is 0 Å². The first-order chi connectivity index (χ1) is 8.78. The predicted octanol–water partition coefficient (Wildman–Crippen LogP) is 2.09. The number of benzene rings is 1. The van der Waals surface area contributed by atoms with Crippen molar-refractivity contribution >= 4 is 17.5 Å². The number of halogens is 1. The van der Waals surface area contributed by atoms with Gasteiger partial charge in [-0.15, -0.1) is 0 Å². The van der Waals surface area contributed by atoms with E-state index in [-0.39, 0.29) is 0 Å². The van der Waals surface area contributed by atoms with Crippen molar-refractivity contribution < 1.29 is 0 Å². The number of anilines is 1. The van der Waals surface area contributed by atoms with Crippen LogP contribution in [-0.2, 0) is 6.42 Å². The molecular formula is C13H15ClN4. The molecule has 0 amide bonds. The Morgan fingerprint density at radius 2 is 1.72 bits per heavy atom. The fourth-order valence-electron chi connectivity index (χ4n) is 1.56. The first-order valence-corrected chi connectivity index (χ1v) is 6.15. The molecule has 1 heterocycles. The molecule has 0 aliphatic heterocycles. The summed E-state index contributed by atoms with van der Waals surface area (Å²) >= 11 is 5.84. The predicted molar refractivity (Wildman–Crippen MR) is 73.8 cm³/mol. The monoisotopic (exact) mass is 262 g/mol. The summed E-state index contributed by atoms with van der Waals surface area (Å²) in [6.07, 6.45) is 4.44. The Morgan fingerprint density at radius 1 is 1.06 bits per heavy atom. The number of nitrogens with zero attached hydrogens (tertiary/aromatic N) is 2. The standard InChI is InChI=1S/C13H15ClN4/c14-12-3-1-10(2-4-12)7-11-8-17-13(18-9-11)16-6-5-15/h1-4,8-9H,5-7,15H2,(H,16,17,18). The second-order valence-electron chi connectivity index (χ2n) is 3.93. The molecule has 0 aliphatic rings.